The summed E-state index contributed by atoms with van der Waals surface area (Å²) in [7, 11) is 0. The van der Waals surface area contributed by atoms with Gasteiger partial charge < -0.3 is 5.32 Å². The number of halogens is 1. The predicted octanol–water partition coefficient (Wildman–Crippen LogP) is 4.60. The molecule has 20 heavy (non-hydrogen) atoms. The molecule has 0 aromatic carbocycles. The van der Waals surface area contributed by atoms with Crippen molar-refractivity contribution in [2.75, 3.05) is 5.32 Å². The lowest BCUT2D eigenvalue weighted by Crippen LogP contribution is -1.91. The normalized spacial score (nSPS) is 10.1. The SMILES string of the molecule is Br.Cc1nc(C)c(-c2csc(Nc3ccccn3)n2)s1. The van der Waals surface area contributed by atoms with Crippen molar-refractivity contribution < 1.29 is 0 Å². The fourth-order valence-electron chi connectivity index (χ4n) is 1.75. The summed E-state index contributed by atoms with van der Waals surface area (Å²) >= 11 is 3.25. The Kier molecular flexibility index (Phi) is 4.85. The molecule has 7 heteroatoms. The number of rotatable bonds is 3. The van der Waals surface area contributed by atoms with E-state index in [0.717, 1.165) is 32.2 Å². The third-order valence-corrected chi connectivity index (χ3v) is 4.39. The van der Waals surface area contributed by atoms with Crippen LogP contribution in [0.3, 0.4) is 0 Å². The average molecular weight is 369 g/mol. The van der Waals surface area contributed by atoms with E-state index in [1.54, 1.807) is 28.9 Å². The number of hydrogen-bond donors (Lipinski definition) is 1. The van der Waals surface area contributed by atoms with Crippen LogP contribution >= 0.6 is 39.7 Å². The summed E-state index contributed by atoms with van der Waals surface area (Å²) in [5, 5.41) is 7.16. The lowest BCUT2D eigenvalue weighted by molar-refractivity contribution is 1.20. The Morgan fingerprint density at radius 3 is 2.65 bits per heavy atom. The molecule has 0 saturated carbocycles. The topological polar surface area (TPSA) is 50.7 Å². The summed E-state index contributed by atoms with van der Waals surface area (Å²) in [5.74, 6) is 0.806. The largest absolute Gasteiger partial charge is 0.316 e. The highest BCUT2D eigenvalue weighted by atomic mass is 79.9. The molecule has 0 amide bonds. The van der Waals surface area contributed by atoms with Crippen LogP contribution in [0.4, 0.5) is 10.9 Å². The van der Waals surface area contributed by atoms with Gasteiger partial charge in [-0.05, 0) is 26.0 Å². The minimum Gasteiger partial charge on any atom is -0.316 e. The van der Waals surface area contributed by atoms with Crippen LogP contribution in [0.2, 0.25) is 0 Å². The molecule has 0 unspecified atom stereocenters. The molecule has 3 aromatic heterocycles. The van der Waals surface area contributed by atoms with Crippen molar-refractivity contribution in [3.05, 3.63) is 40.5 Å². The van der Waals surface area contributed by atoms with Crippen LogP contribution in [0, 0.1) is 13.8 Å². The quantitative estimate of drug-likeness (QED) is 0.733. The molecule has 4 nitrogen and oxygen atoms in total. The van der Waals surface area contributed by atoms with E-state index in [2.05, 4.69) is 20.3 Å². The van der Waals surface area contributed by atoms with Crippen LogP contribution < -0.4 is 5.32 Å². The first kappa shape index (κ1) is 15.1. The summed E-state index contributed by atoms with van der Waals surface area (Å²) in [4.78, 5) is 14.4. The van der Waals surface area contributed by atoms with Crippen LogP contribution in [0.1, 0.15) is 10.7 Å². The van der Waals surface area contributed by atoms with Crippen LogP contribution in [-0.4, -0.2) is 15.0 Å². The van der Waals surface area contributed by atoms with E-state index in [0.29, 0.717) is 0 Å². The van der Waals surface area contributed by atoms with Gasteiger partial charge in [-0.15, -0.1) is 39.7 Å². The Balaban J connectivity index is 0.00000147. The number of thiazole rings is 2. The Labute approximate surface area is 135 Å². The molecule has 3 heterocycles. The average Bonchev–Trinajstić information content (AvgIpc) is 2.97. The maximum atomic E-state index is 4.59. The molecule has 1 N–H and O–H groups in total. The summed E-state index contributed by atoms with van der Waals surface area (Å²) < 4.78 is 0. The predicted molar refractivity (Wildman–Crippen MR) is 90.5 cm³/mol. The van der Waals surface area contributed by atoms with E-state index in [4.69, 9.17) is 0 Å². The summed E-state index contributed by atoms with van der Waals surface area (Å²) in [6.45, 7) is 4.03. The molecule has 0 aliphatic rings. The van der Waals surface area contributed by atoms with Crippen LogP contribution in [-0.2, 0) is 0 Å². The Morgan fingerprint density at radius 2 is 2.00 bits per heavy atom. The summed E-state index contributed by atoms with van der Waals surface area (Å²) in [5.41, 5.74) is 2.02. The van der Waals surface area contributed by atoms with Gasteiger partial charge >= 0.3 is 0 Å². The molecular weight excluding hydrogens is 356 g/mol. The first-order chi connectivity index (χ1) is 9.22. The number of nitrogens with zero attached hydrogens (tertiary/aromatic N) is 3. The molecule has 0 spiro atoms. The van der Waals surface area contributed by atoms with Gasteiger partial charge in [-0.25, -0.2) is 15.0 Å². The smallest absolute Gasteiger partial charge is 0.188 e. The van der Waals surface area contributed by atoms with Gasteiger partial charge in [0.25, 0.3) is 0 Å². The Bertz CT molecular complexity index is 693. The maximum Gasteiger partial charge on any atom is 0.188 e. The molecule has 0 saturated heterocycles. The van der Waals surface area contributed by atoms with Gasteiger partial charge in [-0.1, -0.05) is 6.07 Å². The second kappa shape index (κ2) is 6.43. The van der Waals surface area contributed by atoms with Crippen molar-refractivity contribution in [2.45, 2.75) is 13.8 Å². The zero-order valence-corrected chi connectivity index (χ0v) is 14.3. The van der Waals surface area contributed by atoms with E-state index >= 15 is 0 Å². The van der Waals surface area contributed by atoms with Crippen LogP contribution in [0.5, 0.6) is 0 Å². The van der Waals surface area contributed by atoms with Gasteiger partial charge in [0.05, 0.1) is 21.3 Å². The van der Waals surface area contributed by atoms with Gasteiger partial charge in [-0.3, -0.25) is 0 Å². The molecule has 0 radical (unpaired) electrons. The van der Waals surface area contributed by atoms with Crippen molar-refractivity contribution in [3.63, 3.8) is 0 Å². The summed E-state index contributed by atoms with van der Waals surface area (Å²) in [6, 6.07) is 5.76. The van der Waals surface area contributed by atoms with E-state index in [1.807, 2.05) is 37.4 Å². The Morgan fingerprint density at radius 1 is 1.15 bits per heavy atom. The first-order valence-corrected chi connectivity index (χ1v) is 7.50. The molecule has 0 atom stereocenters. The zero-order valence-electron chi connectivity index (χ0n) is 11.0. The molecule has 0 aliphatic carbocycles. The number of pyridine rings is 1. The Hall–Kier alpha value is -1.31. The van der Waals surface area contributed by atoms with E-state index in [9.17, 15) is 0 Å². The van der Waals surface area contributed by atoms with Gasteiger partial charge in [0.2, 0.25) is 0 Å². The van der Waals surface area contributed by atoms with Gasteiger partial charge in [0.15, 0.2) is 5.13 Å². The van der Waals surface area contributed by atoms with Gasteiger partial charge in [-0.2, -0.15) is 0 Å². The molecule has 0 fully saturated rings. The van der Waals surface area contributed by atoms with Gasteiger partial charge in [0.1, 0.15) is 5.82 Å². The van der Waals surface area contributed by atoms with Crippen molar-refractivity contribution in [2.24, 2.45) is 0 Å². The fourth-order valence-corrected chi connectivity index (χ4v) is 3.41. The monoisotopic (exact) mass is 368 g/mol. The molecular formula is C13H13BrN4S2. The number of aryl methyl sites for hydroxylation is 2. The number of anilines is 2. The van der Waals surface area contributed by atoms with Crippen molar-refractivity contribution in [1.29, 1.82) is 0 Å². The van der Waals surface area contributed by atoms with E-state index < -0.39 is 0 Å². The first-order valence-electron chi connectivity index (χ1n) is 5.80. The zero-order chi connectivity index (χ0) is 13.2. The lowest BCUT2D eigenvalue weighted by atomic mass is 10.3. The van der Waals surface area contributed by atoms with Crippen LogP contribution in [0.25, 0.3) is 10.6 Å². The molecule has 3 aromatic rings. The highest BCUT2D eigenvalue weighted by Gasteiger charge is 2.11. The number of hydrogen-bond acceptors (Lipinski definition) is 6. The third-order valence-electron chi connectivity index (χ3n) is 2.54. The minimum atomic E-state index is 0. The number of aromatic nitrogens is 3. The standard InChI is InChI=1S/C13H12N4S2.BrH/c1-8-12(19-9(2)15-8)10-7-18-13(16-10)17-11-5-3-4-6-14-11;/h3-7H,1-2H3,(H,14,16,17);1H. The van der Waals surface area contributed by atoms with Crippen LogP contribution in [0.15, 0.2) is 29.8 Å². The van der Waals surface area contributed by atoms with Crippen molar-refractivity contribution >= 4 is 50.6 Å². The van der Waals surface area contributed by atoms with Gasteiger partial charge in [0, 0.05) is 11.6 Å². The van der Waals surface area contributed by atoms with Crippen molar-refractivity contribution in [1.82, 2.24) is 15.0 Å². The van der Waals surface area contributed by atoms with E-state index in [-0.39, 0.29) is 17.0 Å². The maximum absolute atomic E-state index is 4.59. The minimum absolute atomic E-state index is 0. The van der Waals surface area contributed by atoms with Crippen molar-refractivity contribution in [3.8, 4) is 10.6 Å². The molecule has 0 bridgehead atoms. The number of nitrogens with one attached hydrogen (secondary N) is 1. The van der Waals surface area contributed by atoms with E-state index in [1.165, 1.54) is 0 Å². The second-order valence-corrected chi connectivity index (χ2v) is 6.09. The fraction of sp³-hybridized carbons (Fsp3) is 0.154. The molecule has 104 valence electrons. The second-order valence-electron chi connectivity index (χ2n) is 4.03. The molecule has 0 aliphatic heterocycles. The molecule has 3 rings (SSSR count). The lowest BCUT2D eigenvalue weighted by Gasteiger charge is -1.99. The highest BCUT2D eigenvalue weighted by molar-refractivity contribution is 8.93. The highest BCUT2D eigenvalue weighted by Crippen LogP contribution is 2.32. The summed E-state index contributed by atoms with van der Waals surface area (Å²) in [6.07, 6.45) is 1.76. The third kappa shape index (κ3) is 3.23.